The van der Waals surface area contributed by atoms with E-state index in [0.717, 1.165) is 24.8 Å². The third-order valence-corrected chi connectivity index (χ3v) is 4.77. The van der Waals surface area contributed by atoms with Crippen molar-refractivity contribution in [3.8, 4) is 5.75 Å². The van der Waals surface area contributed by atoms with Crippen LogP contribution in [0, 0.1) is 17.2 Å². The van der Waals surface area contributed by atoms with Crippen molar-refractivity contribution in [2.24, 2.45) is 11.3 Å². The average Bonchev–Trinajstić information content (AvgIpc) is 2.88. The van der Waals surface area contributed by atoms with E-state index >= 15 is 0 Å². The van der Waals surface area contributed by atoms with Gasteiger partial charge in [0.1, 0.15) is 0 Å². The highest BCUT2D eigenvalue weighted by molar-refractivity contribution is 5.29. The maximum Gasteiger partial charge on any atom is 0.165 e. The summed E-state index contributed by atoms with van der Waals surface area (Å²) in [6, 6.07) is 4.98. The van der Waals surface area contributed by atoms with Crippen LogP contribution in [0.15, 0.2) is 18.2 Å². The first-order chi connectivity index (χ1) is 9.97. The van der Waals surface area contributed by atoms with Crippen LogP contribution < -0.4 is 4.74 Å². The molecule has 1 aliphatic rings. The number of benzene rings is 1. The highest BCUT2D eigenvalue weighted by Gasteiger charge is 2.40. The Balaban J connectivity index is 2.11. The van der Waals surface area contributed by atoms with E-state index in [1.165, 1.54) is 26.0 Å². The molecule has 0 aromatic heterocycles. The van der Waals surface area contributed by atoms with Crippen LogP contribution in [-0.2, 0) is 6.42 Å². The fourth-order valence-electron chi connectivity index (χ4n) is 3.84. The van der Waals surface area contributed by atoms with Gasteiger partial charge in [0.15, 0.2) is 11.6 Å². The molecule has 1 fully saturated rings. The molecule has 0 amide bonds. The van der Waals surface area contributed by atoms with Crippen LogP contribution in [0.2, 0.25) is 0 Å². The van der Waals surface area contributed by atoms with E-state index in [9.17, 15) is 9.50 Å². The number of methoxy groups -OCH3 is 1. The molecule has 1 atom stereocenters. The van der Waals surface area contributed by atoms with E-state index < -0.39 is 6.10 Å². The SMILES string of the molecule is COc1ccc(CC(O)C2(CC(C)C)CCCC2)cc1F. The third-order valence-electron chi connectivity index (χ3n) is 4.77. The molecule has 0 spiro atoms. The molecule has 1 aromatic carbocycles. The largest absolute Gasteiger partial charge is 0.494 e. The van der Waals surface area contributed by atoms with Gasteiger partial charge in [-0.15, -0.1) is 0 Å². The predicted octanol–water partition coefficient (Wildman–Crippen LogP) is 4.34. The summed E-state index contributed by atoms with van der Waals surface area (Å²) in [5.74, 6) is 0.475. The van der Waals surface area contributed by atoms with E-state index in [1.54, 1.807) is 6.07 Å². The molecule has 1 aromatic rings. The Labute approximate surface area is 127 Å². The maximum atomic E-state index is 13.8. The van der Waals surface area contributed by atoms with E-state index in [2.05, 4.69) is 13.8 Å². The smallest absolute Gasteiger partial charge is 0.165 e. The van der Waals surface area contributed by atoms with Gasteiger partial charge in [0, 0.05) is 0 Å². The molecule has 2 rings (SSSR count). The van der Waals surface area contributed by atoms with Gasteiger partial charge < -0.3 is 9.84 Å². The van der Waals surface area contributed by atoms with Crippen LogP contribution in [0.4, 0.5) is 4.39 Å². The highest BCUT2D eigenvalue weighted by Crippen LogP contribution is 2.46. The minimum atomic E-state index is -0.393. The van der Waals surface area contributed by atoms with Gasteiger partial charge in [0.05, 0.1) is 13.2 Å². The second kappa shape index (κ2) is 6.78. The van der Waals surface area contributed by atoms with Crippen molar-refractivity contribution in [2.45, 2.75) is 58.5 Å². The molecule has 0 bridgehead atoms. The Kier molecular flexibility index (Phi) is 5.26. The number of aliphatic hydroxyl groups is 1. The standard InChI is InChI=1S/C18H27FO2/c1-13(2)12-18(8-4-5-9-18)17(20)11-14-6-7-16(21-3)15(19)10-14/h6-7,10,13,17,20H,4-5,8-9,11-12H2,1-3H3. The van der Waals surface area contributed by atoms with Crippen LogP contribution in [0.25, 0.3) is 0 Å². The molecule has 1 aliphatic carbocycles. The molecule has 0 aliphatic heterocycles. The Bertz CT molecular complexity index is 464. The highest BCUT2D eigenvalue weighted by atomic mass is 19.1. The number of ether oxygens (including phenoxy) is 1. The summed E-state index contributed by atoms with van der Waals surface area (Å²) in [6.45, 7) is 4.42. The summed E-state index contributed by atoms with van der Waals surface area (Å²) in [5.41, 5.74) is 0.862. The molecule has 21 heavy (non-hydrogen) atoms. The predicted molar refractivity (Wildman–Crippen MR) is 83.0 cm³/mol. The van der Waals surface area contributed by atoms with Crippen molar-refractivity contribution >= 4 is 0 Å². The number of halogens is 1. The molecule has 1 saturated carbocycles. The zero-order chi connectivity index (χ0) is 15.5. The Morgan fingerprint density at radius 1 is 1.29 bits per heavy atom. The summed E-state index contributed by atoms with van der Waals surface area (Å²) in [6.07, 6.45) is 5.74. The zero-order valence-electron chi connectivity index (χ0n) is 13.4. The van der Waals surface area contributed by atoms with Crippen molar-refractivity contribution in [2.75, 3.05) is 7.11 Å². The molecule has 1 unspecified atom stereocenters. The lowest BCUT2D eigenvalue weighted by atomic mass is 9.72. The second-order valence-corrected chi connectivity index (χ2v) is 6.86. The quantitative estimate of drug-likeness (QED) is 0.845. The van der Waals surface area contributed by atoms with E-state index in [1.807, 2.05) is 6.07 Å². The minimum Gasteiger partial charge on any atom is -0.494 e. The third kappa shape index (κ3) is 3.76. The lowest BCUT2D eigenvalue weighted by Crippen LogP contribution is -2.35. The number of aliphatic hydroxyl groups excluding tert-OH is 1. The van der Waals surface area contributed by atoms with Crippen LogP contribution in [0.1, 0.15) is 51.5 Å². The molecular formula is C18H27FO2. The molecule has 0 saturated heterocycles. The van der Waals surface area contributed by atoms with Gasteiger partial charge in [-0.1, -0.05) is 32.8 Å². The van der Waals surface area contributed by atoms with Crippen LogP contribution >= 0.6 is 0 Å². The lowest BCUT2D eigenvalue weighted by Gasteiger charge is -2.36. The van der Waals surface area contributed by atoms with E-state index in [4.69, 9.17) is 4.74 Å². The molecule has 0 heterocycles. The molecule has 1 N–H and O–H groups in total. The lowest BCUT2D eigenvalue weighted by molar-refractivity contribution is 0.0133. The van der Waals surface area contributed by atoms with Crippen molar-refractivity contribution in [1.82, 2.24) is 0 Å². The van der Waals surface area contributed by atoms with Gasteiger partial charge in [-0.25, -0.2) is 4.39 Å². The molecular weight excluding hydrogens is 267 g/mol. The van der Waals surface area contributed by atoms with Gasteiger partial charge in [-0.3, -0.25) is 0 Å². The minimum absolute atomic E-state index is 0.0184. The second-order valence-electron chi connectivity index (χ2n) is 6.86. The molecule has 2 nitrogen and oxygen atoms in total. The fourth-order valence-corrected chi connectivity index (χ4v) is 3.84. The van der Waals surface area contributed by atoms with Gasteiger partial charge in [0.2, 0.25) is 0 Å². The topological polar surface area (TPSA) is 29.5 Å². The first-order valence-electron chi connectivity index (χ1n) is 7.97. The van der Waals surface area contributed by atoms with E-state index in [0.29, 0.717) is 12.3 Å². The summed E-state index contributed by atoms with van der Waals surface area (Å²) in [5, 5.41) is 10.8. The van der Waals surface area contributed by atoms with Gasteiger partial charge in [-0.05, 0) is 54.7 Å². The maximum absolute atomic E-state index is 13.8. The Morgan fingerprint density at radius 2 is 1.95 bits per heavy atom. The normalized spacial score (nSPS) is 19.0. The van der Waals surface area contributed by atoms with Gasteiger partial charge >= 0.3 is 0 Å². The first kappa shape index (κ1) is 16.3. The van der Waals surface area contributed by atoms with Gasteiger partial charge in [-0.2, -0.15) is 0 Å². The van der Waals surface area contributed by atoms with Crippen molar-refractivity contribution in [3.05, 3.63) is 29.6 Å². The van der Waals surface area contributed by atoms with E-state index in [-0.39, 0.29) is 17.0 Å². The Hall–Kier alpha value is -1.09. The molecule has 0 radical (unpaired) electrons. The zero-order valence-corrected chi connectivity index (χ0v) is 13.4. The fraction of sp³-hybridized carbons (Fsp3) is 0.667. The number of hydrogen-bond donors (Lipinski definition) is 1. The summed E-state index contributed by atoms with van der Waals surface area (Å²) < 4.78 is 18.7. The molecule has 118 valence electrons. The average molecular weight is 294 g/mol. The number of hydrogen-bond acceptors (Lipinski definition) is 2. The van der Waals surface area contributed by atoms with Crippen molar-refractivity contribution in [1.29, 1.82) is 0 Å². The van der Waals surface area contributed by atoms with Crippen molar-refractivity contribution in [3.63, 3.8) is 0 Å². The summed E-state index contributed by atoms with van der Waals surface area (Å²) in [4.78, 5) is 0. The summed E-state index contributed by atoms with van der Waals surface area (Å²) >= 11 is 0. The van der Waals surface area contributed by atoms with Crippen LogP contribution in [-0.4, -0.2) is 18.3 Å². The summed E-state index contributed by atoms with van der Waals surface area (Å²) in [7, 11) is 1.46. The molecule has 3 heteroatoms. The monoisotopic (exact) mass is 294 g/mol. The van der Waals surface area contributed by atoms with Gasteiger partial charge in [0.25, 0.3) is 0 Å². The van der Waals surface area contributed by atoms with Crippen LogP contribution in [0.5, 0.6) is 5.75 Å². The Morgan fingerprint density at radius 3 is 2.48 bits per heavy atom. The first-order valence-corrected chi connectivity index (χ1v) is 7.97. The van der Waals surface area contributed by atoms with Crippen molar-refractivity contribution < 1.29 is 14.2 Å². The van der Waals surface area contributed by atoms with Crippen LogP contribution in [0.3, 0.4) is 0 Å². The number of rotatable bonds is 6.